The third-order valence-corrected chi connectivity index (χ3v) is 4.42. The maximum absolute atomic E-state index is 12.0. The van der Waals surface area contributed by atoms with Crippen molar-refractivity contribution in [1.29, 1.82) is 0 Å². The number of anilines is 2. The van der Waals surface area contributed by atoms with Crippen molar-refractivity contribution in [2.24, 2.45) is 0 Å². The second kappa shape index (κ2) is 6.11. The summed E-state index contributed by atoms with van der Waals surface area (Å²) in [5.74, 6) is 0. The highest BCUT2D eigenvalue weighted by atomic mass is 32.2. The van der Waals surface area contributed by atoms with Crippen molar-refractivity contribution in [1.82, 2.24) is 9.71 Å². The predicted molar refractivity (Wildman–Crippen MR) is 83.4 cm³/mol. The van der Waals surface area contributed by atoms with Crippen LogP contribution in [0.3, 0.4) is 0 Å². The Balaban J connectivity index is 2.28. The number of nitrogen functional groups attached to an aromatic ring is 1. The number of hydrogen-bond donors (Lipinski definition) is 3. The van der Waals surface area contributed by atoms with E-state index in [2.05, 4.69) is 15.0 Å². The average Bonchev–Trinajstić information content (AvgIpc) is 2.46. The van der Waals surface area contributed by atoms with Gasteiger partial charge in [0.15, 0.2) is 0 Å². The van der Waals surface area contributed by atoms with E-state index in [9.17, 15) is 8.42 Å². The lowest BCUT2D eigenvalue weighted by Gasteiger charge is -2.13. The minimum absolute atomic E-state index is 0.123. The molecule has 21 heavy (non-hydrogen) atoms. The largest absolute Gasteiger partial charge is 0.399 e. The van der Waals surface area contributed by atoms with Crippen molar-refractivity contribution in [3.63, 3.8) is 0 Å². The number of sulfonamides is 1. The number of nitrogens with zero attached hydrogens (tertiary/aromatic N) is 1. The van der Waals surface area contributed by atoms with Crippen LogP contribution in [-0.4, -0.2) is 20.4 Å². The lowest BCUT2D eigenvalue weighted by molar-refractivity contribution is 0.588. The van der Waals surface area contributed by atoms with Crippen LogP contribution in [-0.2, 0) is 16.6 Å². The molecule has 1 heterocycles. The van der Waals surface area contributed by atoms with E-state index in [1.165, 1.54) is 13.1 Å². The van der Waals surface area contributed by atoms with Gasteiger partial charge in [-0.1, -0.05) is 6.07 Å². The van der Waals surface area contributed by atoms with Gasteiger partial charge in [0.05, 0.1) is 17.9 Å². The molecule has 1 aromatic heterocycles. The van der Waals surface area contributed by atoms with Crippen LogP contribution < -0.4 is 15.8 Å². The summed E-state index contributed by atoms with van der Waals surface area (Å²) in [7, 11) is -2.21. The highest BCUT2D eigenvalue weighted by Gasteiger charge is 2.17. The molecule has 4 N–H and O–H groups in total. The molecule has 2 rings (SSSR count). The van der Waals surface area contributed by atoms with Gasteiger partial charge in [-0.25, -0.2) is 13.1 Å². The fraction of sp³-hybridized carbons (Fsp3) is 0.214. The van der Waals surface area contributed by atoms with Crippen molar-refractivity contribution in [2.45, 2.75) is 18.4 Å². The molecule has 0 amide bonds. The van der Waals surface area contributed by atoms with E-state index in [0.717, 1.165) is 11.4 Å². The molecule has 0 saturated heterocycles. The third-order valence-electron chi connectivity index (χ3n) is 2.97. The Hall–Kier alpha value is -2.12. The second-order valence-electron chi connectivity index (χ2n) is 4.59. The number of rotatable bonds is 5. The first-order chi connectivity index (χ1) is 9.92. The Labute approximate surface area is 124 Å². The molecule has 0 spiro atoms. The first-order valence-corrected chi connectivity index (χ1v) is 7.90. The number of nitrogens with one attached hydrogen (secondary N) is 2. The Morgan fingerprint density at radius 2 is 2.00 bits per heavy atom. The number of aromatic nitrogens is 1. The van der Waals surface area contributed by atoms with Crippen LogP contribution in [0.5, 0.6) is 0 Å². The average molecular weight is 306 g/mol. The SMILES string of the molecule is CNS(=O)(=O)c1cc(N)ccc1NCc1cccc(C)n1. The summed E-state index contributed by atoms with van der Waals surface area (Å²) >= 11 is 0. The summed E-state index contributed by atoms with van der Waals surface area (Å²) in [6.45, 7) is 2.33. The first-order valence-electron chi connectivity index (χ1n) is 6.42. The summed E-state index contributed by atoms with van der Waals surface area (Å²) in [6, 6.07) is 10.4. The smallest absolute Gasteiger partial charge is 0.242 e. The van der Waals surface area contributed by atoms with Gasteiger partial charge in [0.2, 0.25) is 10.0 Å². The Morgan fingerprint density at radius 1 is 1.24 bits per heavy atom. The number of aryl methyl sites for hydroxylation is 1. The molecular weight excluding hydrogens is 288 g/mol. The summed E-state index contributed by atoms with van der Waals surface area (Å²) < 4.78 is 26.3. The molecule has 0 aliphatic heterocycles. The van der Waals surface area contributed by atoms with E-state index in [-0.39, 0.29) is 4.90 Å². The van der Waals surface area contributed by atoms with E-state index < -0.39 is 10.0 Å². The molecule has 0 fully saturated rings. The van der Waals surface area contributed by atoms with E-state index in [1.54, 1.807) is 12.1 Å². The van der Waals surface area contributed by atoms with Crippen molar-refractivity contribution in [2.75, 3.05) is 18.1 Å². The fourth-order valence-electron chi connectivity index (χ4n) is 1.90. The number of pyridine rings is 1. The molecule has 1 aromatic carbocycles. The molecule has 2 aromatic rings. The van der Waals surface area contributed by atoms with Crippen molar-refractivity contribution in [3.8, 4) is 0 Å². The predicted octanol–water partition coefficient (Wildman–Crippen LogP) is 1.49. The minimum Gasteiger partial charge on any atom is -0.399 e. The first kappa shape index (κ1) is 15.3. The number of nitrogens with two attached hydrogens (primary N) is 1. The maximum atomic E-state index is 12.0. The van der Waals surface area contributed by atoms with Gasteiger partial charge in [-0.3, -0.25) is 4.98 Å². The van der Waals surface area contributed by atoms with Crippen LogP contribution in [0.1, 0.15) is 11.4 Å². The molecule has 0 unspecified atom stereocenters. The molecule has 6 nitrogen and oxygen atoms in total. The molecular formula is C14H18N4O2S. The standard InChI is InChI=1S/C14H18N4O2S/c1-10-4-3-5-12(18-10)9-17-13-7-6-11(15)8-14(13)21(19,20)16-2/h3-8,16-17H,9,15H2,1-2H3. The van der Waals surface area contributed by atoms with Crippen LogP contribution in [0.15, 0.2) is 41.3 Å². The number of hydrogen-bond acceptors (Lipinski definition) is 5. The fourth-order valence-corrected chi connectivity index (χ4v) is 2.84. The van der Waals surface area contributed by atoms with E-state index in [0.29, 0.717) is 17.9 Å². The van der Waals surface area contributed by atoms with Crippen molar-refractivity contribution in [3.05, 3.63) is 47.8 Å². The van der Waals surface area contributed by atoms with Gasteiger partial charge in [0.1, 0.15) is 4.90 Å². The van der Waals surface area contributed by atoms with Crippen LogP contribution >= 0.6 is 0 Å². The van der Waals surface area contributed by atoms with Crippen LogP contribution in [0.25, 0.3) is 0 Å². The molecule has 0 atom stereocenters. The summed E-state index contributed by atoms with van der Waals surface area (Å²) in [5, 5.41) is 3.09. The van der Waals surface area contributed by atoms with Crippen molar-refractivity contribution < 1.29 is 8.42 Å². The quantitative estimate of drug-likeness (QED) is 0.727. The van der Waals surface area contributed by atoms with Crippen LogP contribution in [0.2, 0.25) is 0 Å². The summed E-state index contributed by atoms with van der Waals surface area (Å²) in [5.41, 5.74) is 8.30. The highest BCUT2D eigenvalue weighted by Crippen LogP contribution is 2.24. The van der Waals surface area contributed by atoms with Gasteiger partial charge in [0.25, 0.3) is 0 Å². The van der Waals surface area contributed by atoms with Gasteiger partial charge in [0, 0.05) is 11.4 Å². The Kier molecular flexibility index (Phi) is 4.44. The Bertz CT molecular complexity index is 744. The monoisotopic (exact) mass is 306 g/mol. The Morgan fingerprint density at radius 3 is 2.67 bits per heavy atom. The second-order valence-corrected chi connectivity index (χ2v) is 6.44. The molecule has 0 aliphatic rings. The molecule has 0 aliphatic carbocycles. The lowest BCUT2D eigenvalue weighted by Crippen LogP contribution is -2.20. The van der Waals surface area contributed by atoms with E-state index in [4.69, 9.17) is 5.73 Å². The van der Waals surface area contributed by atoms with Gasteiger partial charge in [-0.05, 0) is 44.3 Å². The summed E-state index contributed by atoms with van der Waals surface area (Å²) in [6.07, 6.45) is 0. The van der Waals surface area contributed by atoms with Crippen LogP contribution in [0, 0.1) is 6.92 Å². The zero-order chi connectivity index (χ0) is 15.5. The van der Waals surface area contributed by atoms with Gasteiger partial charge in [-0.2, -0.15) is 0 Å². The molecule has 112 valence electrons. The normalized spacial score (nSPS) is 11.3. The molecule has 0 radical (unpaired) electrons. The topological polar surface area (TPSA) is 97.1 Å². The lowest BCUT2D eigenvalue weighted by atomic mass is 10.2. The minimum atomic E-state index is -3.58. The van der Waals surface area contributed by atoms with Gasteiger partial charge >= 0.3 is 0 Å². The number of benzene rings is 1. The van der Waals surface area contributed by atoms with Crippen LogP contribution in [0.4, 0.5) is 11.4 Å². The third kappa shape index (κ3) is 3.71. The molecule has 0 saturated carbocycles. The maximum Gasteiger partial charge on any atom is 0.242 e. The zero-order valence-electron chi connectivity index (χ0n) is 11.9. The molecule has 0 bridgehead atoms. The highest BCUT2D eigenvalue weighted by molar-refractivity contribution is 7.89. The molecule has 7 heteroatoms. The van der Waals surface area contributed by atoms with E-state index >= 15 is 0 Å². The summed E-state index contributed by atoms with van der Waals surface area (Å²) in [4.78, 5) is 4.49. The van der Waals surface area contributed by atoms with Gasteiger partial charge in [-0.15, -0.1) is 0 Å². The van der Waals surface area contributed by atoms with E-state index in [1.807, 2.05) is 25.1 Å². The van der Waals surface area contributed by atoms with Gasteiger partial charge < -0.3 is 11.1 Å². The van der Waals surface area contributed by atoms with Crippen molar-refractivity contribution >= 4 is 21.4 Å². The zero-order valence-corrected chi connectivity index (χ0v) is 12.7.